The van der Waals surface area contributed by atoms with E-state index in [1.807, 2.05) is 6.92 Å². The minimum absolute atomic E-state index is 0.0772. The Hall–Kier alpha value is -1.95. The number of amides is 1. The van der Waals surface area contributed by atoms with Gasteiger partial charge < -0.3 is 27.5 Å². The van der Waals surface area contributed by atoms with E-state index in [0.717, 1.165) is 6.04 Å². The predicted molar refractivity (Wildman–Crippen MR) is 150 cm³/mol. The van der Waals surface area contributed by atoms with E-state index in [1.54, 1.807) is 10.9 Å². The fraction of sp³-hybridized carbons (Fsp3) is 0.760. The molecule has 2 aromatic rings. The number of rotatable bonds is 8. The molecule has 0 aliphatic carbocycles. The summed E-state index contributed by atoms with van der Waals surface area (Å²) in [7, 11) is -5.56. The van der Waals surface area contributed by atoms with Crippen molar-refractivity contribution in [3.05, 3.63) is 6.33 Å². The molecule has 12 nitrogen and oxygen atoms in total. The van der Waals surface area contributed by atoms with Crippen LogP contribution in [0, 0.1) is 0 Å². The fourth-order valence-corrected chi connectivity index (χ4v) is 15.9. The standard InChI is InChI=1S/C25H43N5O7Si2/c1-10-33-23-19-22(28-25(29-23)27-17(9)31)30(13-26-19)24-20(32)21-18(35-24)12-34-38(11-2,14(3)4)37-39(36-21,15(5)6)16(7)8/h13-16,18,20-21,24,32H,10-12H2,1-9H3,(H,27,28,29,31)/t18-,20-,21-,24-,38?/m1/s1. The highest BCUT2D eigenvalue weighted by Crippen LogP contribution is 2.46. The van der Waals surface area contributed by atoms with Gasteiger partial charge in [-0.05, 0) is 29.6 Å². The fourth-order valence-electron chi connectivity index (χ4n) is 5.56. The molecule has 5 atom stereocenters. The summed E-state index contributed by atoms with van der Waals surface area (Å²) in [6.07, 6.45) is -1.55. The molecule has 2 N–H and O–H groups in total. The zero-order chi connectivity index (χ0) is 28.7. The Morgan fingerprint density at radius 2 is 1.87 bits per heavy atom. The first-order chi connectivity index (χ1) is 18.4. The van der Waals surface area contributed by atoms with E-state index in [9.17, 15) is 9.90 Å². The number of ether oxygens (including phenoxy) is 2. The molecule has 0 aromatic carbocycles. The smallest absolute Gasteiger partial charge is 0.335 e. The monoisotopic (exact) mass is 581 g/mol. The number of fused-ring (bicyclic) bond motifs is 2. The topological polar surface area (TPSA) is 139 Å². The Morgan fingerprint density at radius 3 is 2.44 bits per heavy atom. The predicted octanol–water partition coefficient (Wildman–Crippen LogP) is 4.01. The summed E-state index contributed by atoms with van der Waals surface area (Å²) in [5, 5.41) is 14.3. The third kappa shape index (κ3) is 5.39. The second-order valence-electron chi connectivity index (χ2n) is 11.2. The van der Waals surface area contributed by atoms with Gasteiger partial charge in [-0.2, -0.15) is 9.97 Å². The van der Waals surface area contributed by atoms with Crippen LogP contribution in [-0.2, 0) is 22.5 Å². The molecule has 0 saturated carbocycles. The van der Waals surface area contributed by atoms with Crippen LogP contribution in [0.5, 0.6) is 5.88 Å². The quantitative estimate of drug-likeness (QED) is 0.440. The van der Waals surface area contributed by atoms with Gasteiger partial charge in [-0.15, -0.1) is 0 Å². The number of aliphatic hydroxyl groups excluding tert-OH is 1. The average molecular weight is 582 g/mol. The van der Waals surface area contributed by atoms with Crippen molar-refractivity contribution >= 4 is 40.1 Å². The van der Waals surface area contributed by atoms with Gasteiger partial charge in [0.1, 0.15) is 18.3 Å². The van der Waals surface area contributed by atoms with E-state index in [1.165, 1.54) is 6.92 Å². The average Bonchev–Trinajstić information content (AvgIpc) is 3.39. The molecule has 2 aromatic heterocycles. The van der Waals surface area contributed by atoms with Crippen LogP contribution >= 0.6 is 0 Å². The van der Waals surface area contributed by atoms with Crippen molar-refractivity contribution < 1.29 is 32.3 Å². The molecule has 1 unspecified atom stereocenters. The Labute approximate surface area is 232 Å². The molecule has 0 bridgehead atoms. The summed E-state index contributed by atoms with van der Waals surface area (Å²) < 4.78 is 34.6. The first kappa shape index (κ1) is 30.0. The molecule has 0 spiro atoms. The van der Waals surface area contributed by atoms with Gasteiger partial charge in [0.2, 0.25) is 17.7 Å². The number of hydrogen-bond donors (Lipinski definition) is 2. The van der Waals surface area contributed by atoms with Crippen LogP contribution in [0.1, 0.15) is 68.5 Å². The third-order valence-electron chi connectivity index (χ3n) is 7.67. The van der Waals surface area contributed by atoms with Crippen LogP contribution in [-0.4, -0.2) is 79.2 Å². The van der Waals surface area contributed by atoms with E-state index in [0.29, 0.717) is 17.8 Å². The van der Waals surface area contributed by atoms with Gasteiger partial charge in [-0.3, -0.25) is 14.7 Å². The number of aliphatic hydroxyl groups is 1. The summed E-state index contributed by atoms with van der Waals surface area (Å²) in [6.45, 7) is 18.8. The van der Waals surface area contributed by atoms with Crippen molar-refractivity contribution in [2.75, 3.05) is 18.5 Å². The van der Waals surface area contributed by atoms with Crippen molar-refractivity contribution in [1.82, 2.24) is 19.5 Å². The minimum Gasteiger partial charge on any atom is -0.476 e. The molecule has 2 aliphatic heterocycles. The molecule has 4 rings (SSSR count). The van der Waals surface area contributed by atoms with Crippen LogP contribution < -0.4 is 10.1 Å². The van der Waals surface area contributed by atoms with Crippen LogP contribution in [0.4, 0.5) is 5.95 Å². The van der Waals surface area contributed by atoms with Crippen molar-refractivity contribution in [1.29, 1.82) is 0 Å². The van der Waals surface area contributed by atoms with Crippen LogP contribution in [0.3, 0.4) is 0 Å². The number of anilines is 1. The first-order valence-corrected chi connectivity index (χ1v) is 18.0. The van der Waals surface area contributed by atoms with Gasteiger partial charge in [0.25, 0.3) is 0 Å². The van der Waals surface area contributed by atoms with E-state index >= 15 is 0 Å². The lowest BCUT2D eigenvalue weighted by atomic mass is 10.1. The van der Waals surface area contributed by atoms with Gasteiger partial charge in [0.05, 0.1) is 19.5 Å². The van der Waals surface area contributed by atoms with Crippen LogP contribution in [0.2, 0.25) is 22.7 Å². The molecule has 39 heavy (non-hydrogen) atoms. The zero-order valence-corrected chi connectivity index (χ0v) is 26.4. The maximum absolute atomic E-state index is 11.7. The summed E-state index contributed by atoms with van der Waals surface area (Å²) in [5.74, 6) is -0.00643. The molecule has 1 amide bonds. The first-order valence-electron chi connectivity index (χ1n) is 13.9. The van der Waals surface area contributed by atoms with Crippen molar-refractivity contribution in [2.45, 2.75) is 110 Å². The summed E-state index contributed by atoms with van der Waals surface area (Å²) >= 11 is 0. The highest BCUT2D eigenvalue weighted by Gasteiger charge is 2.60. The molecule has 218 valence electrons. The SMILES string of the molecule is CCOc1nc(NC(C)=O)nc2c1ncn2[C@@H]1O[C@@H]2CO[Si](CC)(C(C)C)O[Si](C(C)C)(C(C)C)O[C@H]2[C@H]1O. The van der Waals surface area contributed by atoms with Crippen molar-refractivity contribution in [3.63, 3.8) is 0 Å². The molecule has 14 heteroatoms. The van der Waals surface area contributed by atoms with Crippen molar-refractivity contribution in [3.8, 4) is 5.88 Å². The molecular formula is C25H43N5O7Si2. The van der Waals surface area contributed by atoms with Gasteiger partial charge in [-0.1, -0.05) is 48.5 Å². The molecule has 2 aliphatic rings. The number of aromatic nitrogens is 4. The molecule has 2 fully saturated rings. The van der Waals surface area contributed by atoms with Gasteiger partial charge >= 0.3 is 17.1 Å². The number of carbonyl (C=O) groups excluding carboxylic acids is 1. The largest absolute Gasteiger partial charge is 0.476 e. The summed E-state index contributed by atoms with van der Waals surface area (Å²) in [6, 6.07) is 0.792. The summed E-state index contributed by atoms with van der Waals surface area (Å²) in [5.41, 5.74) is 1.23. The Balaban J connectivity index is 1.77. The number of imidazole rings is 1. The Bertz CT molecular complexity index is 1170. The lowest BCUT2D eigenvalue weighted by Gasteiger charge is -2.49. The second-order valence-corrected chi connectivity index (χ2v) is 19.8. The minimum atomic E-state index is -2.90. The van der Waals surface area contributed by atoms with E-state index in [-0.39, 0.29) is 41.0 Å². The maximum Gasteiger partial charge on any atom is 0.335 e. The van der Waals surface area contributed by atoms with Gasteiger partial charge in [-0.25, -0.2) is 4.98 Å². The Morgan fingerprint density at radius 1 is 1.18 bits per heavy atom. The third-order valence-corrected chi connectivity index (χ3v) is 17.6. The molecule has 4 heterocycles. The second kappa shape index (κ2) is 11.5. The molecule has 0 radical (unpaired) electrons. The zero-order valence-electron chi connectivity index (χ0n) is 24.4. The van der Waals surface area contributed by atoms with Gasteiger partial charge in [0, 0.05) is 6.92 Å². The number of hydrogen-bond acceptors (Lipinski definition) is 10. The van der Waals surface area contributed by atoms with Gasteiger partial charge in [0.15, 0.2) is 17.4 Å². The highest BCUT2D eigenvalue weighted by atomic mass is 28.5. The van der Waals surface area contributed by atoms with E-state index in [4.69, 9.17) is 22.4 Å². The van der Waals surface area contributed by atoms with Crippen LogP contribution in [0.25, 0.3) is 11.2 Å². The van der Waals surface area contributed by atoms with Crippen molar-refractivity contribution in [2.24, 2.45) is 0 Å². The van der Waals surface area contributed by atoms with E-state index in [2.05, 4.69) is 68.7 Å². The van der Waals surface area contributed by atoms with E-state index < -0.39 is 41.7 Å². The molecular weight excluding hydrogens is 538 g/mol. The lowest BCUT2D eigenvalue weighted by molar-refractivity contribution is -0.114. The maximum atomic E-state index is 11.7. The highest BCUT2D eigenvalue weighted by molar-refractivity contribution is 6.83. The lowest BCUT2D eigenvalue weighted by Crippen LogP contribution is -2.64. The number of nitrogens with zero attached hydrogens (tertiary/aromatic N) is 4. The Kier molecular flexibility index (Phi) is 8.86. The number of carbonyl (C=O) groups is 1. The number of nitrogens with one attached hydrogen (secondary N) is 1. The summed E-state index contributed by atoms with van der Waals surface area (Å²) in [4.78, 5) is 25.0. The molecule has 2 saturated heterocycles. The normalized spacial score (nSPS) is 29.1. The van der Waals surface area contributed by atoms with Crippen LogP contribution in [0.15, 0.2) is 6.33 Å².